The molecule has 2 heterocycles. The lowest BCUT2D eigenvalue weighted by Gasteiger charge is -2.12. The lowest BCUT2D eigenvalue weighted by atomic mass is 10.2. The summed E-state index contributed by atoms with van der Waals surface area (Å²) in [6, 6.07) is 10.7. The zero-order valence-corrected chi connectivity index (χ0v) is 18.1. The molecule has 6 nitrogen and oxygen atoms in total. The predicted octanol–water partition coefficient (Wildman–Crippen LogP) is 5.26. The highest BCUT2D eigenvalue weighted by molar-refractivity contribution is 7.91. The van der Waals surface area contributed by atoms with Gasteiger partial charge in [0, 0.05) is 18.1 Å². The van der Waals surface area contributed by atoms with Gasteiger partial charge >= 0.3 is 6.18 Å². The van der Waals surface area contributed by atoms with Crippen LogP contribution in [0.2, 0.25) is 5.02 Å². The minimum atomic E-state index is -4.72. The van der Waals surface area contributed by atoms with Crippen LogP contribution in [0.15, 0.2) is 81.2 Å². The van der Waals surface area contributed by atoms with E-state index in [1.807, 2.05) is 0 Å². The fourth-order valence-corrected chi connectivity index (χ4v) is 4.84. The largest absolute Gasteiger partial charge is 0.449 e. The van der Waals surface area contributed by atoms with Crippen LogP contribution in [-0.4, -0.2) is 19.3 Å². The Kier molecular flexibility index (Phi) is 5.89. The number of hydrogen-bond acceptors (Lipinski definition) is 5. The van der Waals surface area contributed by atoms with Gasteiger partial charge in [0.1, 0.15) is 0 Å². The van der Waals surface area contributed by atoms with Crippen LogP contribution < -0.4 is 5.32 Å². The van der Waals surface area contributed by atoms with E-state index in [1.54, 1.807) is 18.3 Å². The number of rotatable bonds is 5. The Morgan fingerprint density at radius 3 is 2.45 bits per heavy atom. The number of furan rings is 1. The number of halogens is 4. The molecule has 4 aromatic rings. The van der Waals surface area contributed by atoms with Gasteiger partial charge in [-0.15, -0.1) is 0 Å². The first-order valence-corrected chi connectivity index (χ1v) is 11.2. The Hall–Kier alpha value is -3.37. The van der Waals surface area contributed by atoms with Gasteiger partial charge in [-0.25, -0.2) is 8.42 Å². The van der Waals surface area contributed by atoms with E-state index in [0.717, 1.165) is 11.5 Å². The molecule has 1 amide bonds. The zero-order chi connectivity index (χ0) is 23.8. The molecule has 0 atom stereocenters. The first kappa shape index (κ1) is 22.8. The molecule has 0 spiro atoms. The Morgan fingerprint density at radius 2 is 1.79 bits per heavy atom. The summed E-state index contributed by atoms with van der Waals surface area (Å²) in [6.45, 7) is 0.0682. The summed E-state index contributed by atoms with van der Waals surface area (Å²) in [6.07, 6.45) is -1.66. The predicted molar refractivity (Wildman–Crippen MR) is 114 cm³/mol. The van der Waals surface area contributed by atoms with Crippen molar-refractivity contribution >= 4 is 38.3 Å². The summed E-state index contributed by atoms with van der Waals surface area (Å²) in [5.41, 5.74) is -0.0909. The molecule has 0 aliphatic rings. The van der Waals surface area contributed by atoms with Crippen molar-refractivity contribution in [2.45, 2.75) is 22.5 Å². The molecule has 0 fully saturated rings. The second-order valence-corrected chi connectivity index (χ2v) is 9.32. The summed E-state index contributed by atoms with van der Waals surface area (Å²) >= 11 is 5.88. The van der Waals surface area contributed by atoms with Crippen molar-refractivity contribution < 1.29 is 30.8 Å². The first-order valence-electron chi connectivity index (χ1n) is 9.38. The molecule has 0 unspecified atom stereocenters. The van der Waals surface area contributed by atoms with E-state index >= 15 is 0 Å². The zero-order valence-electron chi connectivity index (χ0n) is 16.6. The van der Waals surface area contributed by atoms with E-state index in [4.69, 9.17) is 16.0 Å². The maximum absolute atomic E-state index is 13.0. The van der Waals surface area contributed by atoms with Gasteiger partial charge in [0.05, 0.1) is 26.6 Å². The third-order valence-electron chi connectivity index (χ3n) is 4.78. The molecule has 4 rings (SSSR count). The summed E-state index contributed by atoms with van der Waals surface area (Å²) in [4.78, 5) is 15.4. The van der Waals surface area contributed by atoms with E-state index in [2.05, 4.69) is 10.3 Å². The number of aromatic nitrogens is 1. The quantitative estimate of drug-likeness (QED) is 0.408. The number of carbonyl (C=O) groups excluding carboxylic acids is 1. The Morgan fingerprint density at radius 1 is 1.06 bits per heavy atom. The van der Waals surface area contributed by atoms with Crippen LogP contribution in [0.3, 0.4) is 0 Å². The summed E-state index contributed by atoms with van der Waals surface area (Å²) < 4.78 is 70.1. The van der Waals surface area contributed by atoms with Crippen LogP contribution in [0.5, 0.6) is 0 Å². The van der Waals surface area contributed by atoms with Crippen molar-refractivity contribution in [3.8, 4) is 0 Å². The van der Waals surface area contributed by atoms with Gasteiger partial charge in [-0.2, -0.15) is 13.2 Å². The van der Waals surface area contributed by atoms with E-state index < -0.39 is 32.4 Å². The molecule has 0 saturated heterocycles. The number of pyridine rings is 1. The highest BCUT2D eigenvalue weighted by Crippen LogP contribution is 2.35. The lowest BCUT2D eigenvalue weighted by Crippen LogP contribution is -2.22. The molecule has 0 aliphatic carbocycles. The van der Waals surface area contributed by atoms with Crippen molar-refractivity contribution in [3.63, 3.8) is 0 Å². The SMILES string of the molecule is O=C(NCc1ccc(S(=O)(=O)c2cc(C(F)(F)F)ccc2Cl)cc1)c1cc2ccncc2o1. The molecular weight excluding hydrogens is 481 g/mol. The minimum absolute atomic E-state index is 0.0682. The smallest absolute Gasteiger partial charge is 0.416 e. The van der Waals surface area contributed by atoms with Crippen LogP contribution in [0, 0.1) is 0 Å². The topological polar surface area (TPSA) is 89.3 Å². The minimum Gasteiger partial charge on any atom is -0.449 e. The number of hydrogen-bond donors (Lipinski definition) is 1. The maximum atomic E-state index is 13.0. The van der Waals surface area contributed by atoms with Crippen molar-refractivity contribution in [3.05, 3.63) is 88.9 Å². The second kappa shape index (κ2) is 8.53. The van der Waals surface area contributed by atoms with Crippen LogP contribution in [0.4, 0.5) is 13.2 Å². The number of fused-ring (bicyclic) bond motifs is 1. The van der Waals surface area contributed by atoms with E-state index in [-0.39, 0.29) is 22.2 Å². The molecule has 0 radical (unpaired) electrons. The molecule has 0 bridgehead atoms. The van der Waals surface area contributed by atoms with Gasteiger partial charge in [-0.1, -0.05) is 23.7 Å². The molecule has 0 saturated carbocycles. The van der Waals surface area contributed by atoms with Gasteiger partial charge in [0.25, 0.3) is 5.91 Å². The number of sulfone groups is 1. The summed E-state index contributed by atoms with van der Waals surface area (Å²) in [5.74, 6) is -0.380. The number of carbonyl (C=O) groups is 1. The highest BCUT2D eigenvalue weighted by Gasteiger charge is 2.33. The van der Waals surface area contributed by atoms with Crippen LogP contribution in [0.25, 0.3) is 11.0 Å². The highest BCUT2D eigenvalue weighted by atomic mass is 35.5. The van der Waals surface area contributed by atoms with Gasteiger partial charge in [-0.05, 0) is 48.0 Å². The number of benzene rings is 2. The first-order chi connectivity index (χ1) is 15.6. The summed E-state index contributed by atoms with van der Waals surface area (Å²) in [7, 11) is -4.30. The number of nitrogens with zero attached hydrogens (tertiary/aromatic N) is 1. The molecule has 0 aliphatic heterocycles. The van der Waals surface area contributed by atoms with Crippen molar-refractivity contribution in [2.24, 2.45) is 0 Å². The average molecular weight is 495 g/mol. The molecule has 2 aromatic heterocycles. The molecule has 170 valence electrons. The second-order valence-electron chi connectivity index (χ2n) is 7.00. The van der Waals surface area contributed by atoms with Crippen molar-refractivity contribution in [2.75, 3.05) is 0 Å². The lowest BCUT2D eigenvalue weighted by molar-refractivity contribution is -0.137. The number of amides is 1. The Balaban J connectivity index is 1.50. The van der Waals surface area contributed by atoms with Gasteiger partial charge in [0.15, 0.2) is 11.3 Å². The third-order valence-corrected chi connectivity index (χ3v) is 7.03. The Labute approximate surface area is 190 Å². The molecule has 1 N–H and O–H groups in total. The molecular formula is C22H14ClF3N2O4S. The van der Waals surface area contributed by atoms with Crippen molar-refractivity contribution in [1.29, 1.82) is 0 Å². The van der Waals surface area contributed by atoms with Crippen molar-refractivity contribution in [1.82, 2.24) is 10.3 Å². The number of alkyl halides is 3. The van der Waals surface area contributed by atoms with Gasteiger partial charge < -0.3 is 9.73 Å². The standard InChI is InChI=1S/C22H14ClF3N2O4S/c23-17-6-3-15(22(24,25)26)10-20(17)33(30,31)16-4-1-13(2-5-16)11-28-21(29)18-9-14-7-8-27-12-19(14)32-18/h1-10,12H,11H2,(H,28,29). The normalized spacial score (nSPS) is 12.1. The average Bonchev–Trinajstić information content (AvgIpc) is 3.21. The molecule has 33 heavy (non-hydrogen) atoms. The third kappa shape index (κ3) is 4.71. The van der Waals surface area contributed by atoms with Crippen LogP contribution >= 0.6 is 11.6 Å². The molecule has 11 heteroatoms. The number of nitrogens with one attached hydrogen (secondary N) is 1. The molecule has 2 aromatic carbocycles. The fourth-order valence-electron chi connectivity index (χ4n) is 3.06. The van der Waals surface area contributed by atoms with E-state index in [1.165, 1.54) is 30.5 Å². The van der Waals surface area contributed by atoms with E-state index in [9.17, 15) is 26.4 Å². The van der Waals surface area contributed by atoms with Gasteiger partial charge in [-0.3, -0.25) is 9.78 Å². The van der Waals surface area contributed by atoms with Gasteiger partial charge in [0.2, 0.25) is 9.84 Å². The van der Waals surface area contributed by atoms with Crippen LogP contribution in [0.1, 0.15) is 21.7 Å². The Bertz CT molecular complexity index is 1420. The monoisotopic (exact) mass is 494 g/mol. The fraction of sp³-hybridized carbons (Fsp3) is 0.0909. The van der Waals surface area contributed by atoms with E-state index in [0.29, 0.717) is 23.3 Å². The summed E-state index contributed by atoms with van der Waals surface area (Å²) in [5, 5.41) is 3.05. The van der Waals surface area contributed by atoms with Crippen LogP contribution in [-0.2, 0) is 22.6 Å². The maximum Gasteiger partial charge on any atom is 0.416 e.